The van der Waals surface area contributed by atoms with Gasteiger partial charge in [0.2, 0.25) is 0 Å². The van der Waals surface area contributed by atoms with Crippen LogP contribution in [0.1, 0.15) is 23.3 Å². The number of rotatable bonds is 6. The van der Waals surface area contributed by atoms with E-state index < -0.39 is 119 Å². The van der Waals surface area contributed by atoms with Gasteiger partial charge in [0, 0.05) is 33.0 Å². The van der Waals surface area contributed by atoms with E-state index in [4.69, 9.17) is 30.0 Å². The number of aromatic nitrogens is 4. The number of para-hydroxylation sites is 3. The van der Waals surface area contributed by atoms with Gasteiger partial charge in [0.1, 0.15) is 0 Å². The predicted molar refractivity (Wildman–Crippen MR) is 201 cm³/mol. The van der Waals surface area contributed by atoms with Crippen molar-refractivity contribution < 1.29 is 23.3 Å². The molecule has 0 saturated carbocycles. The Morgan fingerprint density at radius 3 is 1.43 bits per heavy atom. The quantitative estimate of drug-likeness (QED) is 0.181. The Morgan fingerprint density at radius 2 is 0.837 bits per heavy atom. The maximum atomic E-state index is 9.51. The minimum atomic E-state index is -0.787. The van der Waals surface area contributed by atoms with Crippen molar-refractivity contribution in [2.45, 2.75) is 0 Å². The van der Waals surface area contributed by atoms with Crippen LogP contribution in [0.15, 0.2) is 182 Å². The first kappa shape index (κ1) is 16.0. The summed E-state index contributed by atoms with van der Waals surface area (Å²) in [4.78, 5) is 14.6. The summed E-state index contributed by atoms with van der Waals surface area (Å²) in [7, 11) is 0. The second-order valence-corrected chi connectivity index (χ2v) is 10.8. The van der Waals surface area contributed by atoms with E-state index in [2.05, 4.69) is 0 Å². The Bertz CT molecular complexity index is 3370. The summed E-state index contributed by atoms with van der Waals surface area (Å²) in [6.07, 6.45) is 0. The van der Waals surface area contributed by atoms with Gasteiger partial charge >= 0.3 is 0 Å². The molecule has 0 bridgehead atoms. The van der Waals surface area contributed by atoms with Gasteiger partial charge in [-0.2, -0.15) is 0 Å². The van der Waals surface area contributed by atoms with Gasteiger partial charge in [0.05, 0.1) is 40.0 Å². The van der Waals surface area contributed by atoms with Crippen molar-refractivity contribution in [2.24, 2.45) is 0 Å². The first-order valence-electron chi connectivity index (χ1n) is 23.6. The fraction of sp³-hybridized carbons (Fsp3) is 0. The molecule has 0 aliphatic heterocycles. The number of benzene rings is 7. The first-order valence-corrected chi connectivity index (χ1v) is 15.1. The lowest BCUT2D eigenvalue weighted by atomic mass is 9.96. The molecule has 2 aromatic heterocycles. The monoisotopic (exact) mass is 643 g/mol. The molecule has 0 radical (unpaired) electrons. The molecule has 9 aromatic rings. The highest BCUT2D eigenvalue weighted by Gasteiger charge is 2.22. The molecule has 9 rings (SSSR count). The van der Waals surface area contributed by atoms with Crippen molar-refractivity contribution in [3.63, 3.8) is 0 Å². The average Bonchev–Trinajstić information content (AvgIpc) is 3.69. The summed E-state index contributed by atoms with van der Waals surface area (Å²) in [5.41, 5.74) is -1.36. The SMILES string of the molecule is [2H]c1c([2H])c([2H])c(-c2c([2H])c([2H])c(-c3cccc(-c4nc(-c5ccccc5)nc(-c5ccccc5)n4)c3-n3c4c([2H])c([2H])c([2H])c([2H])c4c4c([2H])c([2H])c([2H])c([2H])c43)c([2H])c2[2H])c([2H])c1[2H]. The van der Waals surface area contributed by atoms with Gasteiger partial charge < -0.3 is 4.57 Å². The summed E-state index contributed by atoms with van der Waals surface area (Å²) < 4.78 is 152. The normalized spacial score (nSPS) is 16.1. The Hall–Kier alpha value is -6.65. The standard InChI is InChI=1S/C45H30N4/c1-4-15-31(16-5-1)32-27-29-33(30-28-32)36-23-14-24-39(42(36)49-40-25-12-10-21-37(40)38-22-11-13-26-41(38)49)45-47-43(34-17-6-2-7-18-34)46-44(48-45)35-19-8-3-9-20-35/h1-30H/i1D,4D,5D,10D,11D,12D,13D,15D,16D,21D,22D,25D,26D,27D,28D,29D,30D. The summed E-state index contributed by atoms with van der Waals surface area (Å²) in [5, 5.41) is -0.545. The van der Waals surface area contributed by atoms with Crippen molar-refractivity contribution in [1.29, 1.82) is 0 Å². The zero-order valence-electron chi connectivity index (χ0n) is 42.3. The molecule has 230 valence electrons. The molecule has 0 unspecified atom stereocenters. The zero-order chi connectivity index (χ0) is 47.4. The molecule has 4 nitrogen and oxygen atoms in total. The summed E-state index contributed by atoms with van der Waals surface area (Å²) in [6, 6.07) is 10.1. The van der Waals surface area contributed by atoms with Crippen LogP contribution in [0.5, 0.6) is 0 Å². The van der Waals surface area contributed by atoms with Gasteiger partial charge in [-0.05, 0) is 34.8 Å². The van der Waals surface area contributed by atoms with Crippen LogP contribution in [0, 0.1) is 0 Å². The third-order valence-electron chi connectivity index (χ3n) is 7.88. The fourth-order valence-electron chi connectivity index (χ4n) is 5.69. The Kier molecular flexibility index (Phi) is 3.97. The van der Waals surface area contributed by atoms with Gasteiger partial charge in [-0.15, -0.1) is 0 Å². The Labute approximate surface area is 308 Å². The first-order chi connectivity index (χ1) is 31.4. The van der Waals surface area contributed by atoms with E-state index in [0.717, 1.165) is 0 Å². The van der Waals surface area contributed by atoms with Crippen molar-refractivity contribution in [2.75, 3.05) is 0 Å². The molecule has 7 aromatic carbocycles. The van der Waals surface area contributed by atoms with Crippen LogP contribution < -0.4 is 0 Å². The van der Waals surface area contributed by atoms with Crippen LogP contribution in [0.3, 0.4) is 0 Å². The highest BCUT2D eigenvalue weighted by Crippen LogP contribution is 2.41. The molecular formula is C45H30N4. The molecule has 0 amide bonds. The predicted octanol–water partition coefficient (Wildman–Crippen LogP) is 11.3. The van der Waals surface area contributed by atoms with Crippen LogP contribution in [0.25, 0.3) is 83.9 Å². The second kappa shape index (κ2) is 12.2. The maximum Gasteiger partial charge on any atom is 0.166 e. The molecule has 49 heavy (non-hydrogen) atoms. The molecule has 0 fully saturated rings. The minimum absolute atomic E-state index is 0.0365. The summed E-state index contributed by atoms with van der Waals surface area (Å²) in [5.74, 6) is 0.311. The van der Waals surface area contributed by atoms with Crippen LogP contribution in [0.2, 0.25) is 0 Å². The number of nitrogens with zero attached hydrogens (tertiary/aromatic N) is 4. The van der Waals surface area contributed by atoms with Crippen molar-refractivity contribution in [3.05, 3.63) is 182 Å². The topological polar surface area (TPSA) is 43.6 Å². The zero-order valence-corrected chi connectivity index (χ0v) is 25.3. The van der Waals surface area contributed by atoms with Crippen molar-refractivity contribution in [3.8, 4) is 62.1 Å². The van der Waals surface area contributed by atoms with E-state index in [0.29, 0.717) is 11.1 Å². The summed E-state index contributed by atoms with van der Waals surface area (Å²) >= 11 is 0. The number of hydrogen-bond acceptors (Lipinski definition) is 3. The van der Waals surface area contributed by atoms with E-state index >= 15 is 0 Å². The second-order valence-electron chi connectivity index (χ2n) is 10.8. The van der Waals surface area contributed by atoms with Crippen molar-refractivity contribution in [1.82, 2.24) is 19.5 Å². The van der Waals surface area contributed by atoms with Crippen LogP contribution in [-0.2, 0) is 0 Å². The van der Waals surface area contributed by atoms with E-state index in [-0.39, 0.29) is 56.1 Å². The van der Waals surface area contributed by atoms with E-state index in [1.165, 1.54) is 22.8 Å². The van der Waals surface area contributed by atoms with Crippen LogP contribution in [0.4, 0.5) is 0 Å². The van der Waals surface area contributed by atoms with Crippen LogP contribution in [-0.4, -0.2) is 19.5 Å². The molecule has 2 heterocycles. The molecule has 0 spiro atoms. The lowest BCUT2D eigenvalue weighted by Crippen LogP contribution is -2.05. The van der Waals surface area contributed by atoms with E-state index in [1.807, 2.05) is 0 Å². The van der Waals surface area contributed by atoms with Gasteiger partial charge in [0.15, 0.2) is 17.5 Å². The largest absolute Gasteiger partial charge is 0.308 e. The highest BCUT2D eigenvalue weighted by atomic mass is 15.1. The molecule has 4 heteroatoms. The van der Waals surface area contributed by atoms with E-state index in [9.17, 15) is 8.22 Å². The van der Waals surface area contributed by atoms with Gasteiger partial charge in [-0.3, -0.25) is 0 Å². The highest BCUT2D eigenvalue weighted by molar-refractivity contribution is 6.10. The van der Waals surface area contributed by atoms with E-state index in [1.54, 1.807) is 60.7 Å². The summed E-state index contributed by atoms with van der Waals surface area (Å²) in [6.45, 7) is 0. The molecule has 0 aliphatic carbocycles. The Balaban J connectivity index is 1.51. The van der Waals surface area contributed by atoms with Crippen LogP contribution >= 0.6 is 0 Å². The lowest BCUT2D eigenvalue weighted by Gasteiger charge is -2.19. The number of hydrogen-bond donors (Lipinski definition) is 0. The van der Waals surface area contributed by atoms with Gasteiger partial charge in [0.25, 0.3) is 0 Å². The lowest BCUT2D eigenvalue weighted by molar-refractivity contribution is 1.06. The minimum Gasteiger partial charge on any atom is -0.308 e. The molecule has 0 aliphatic rings. The smallest absolute Gasteiger partial charge is 0.166 e. The third-order valence-corrected chi connectivity index (χ3v) is 7.88. The molecular weight excluding hydrogens is 597 g/mol. The molecule has 0 N–H and O–H groups in total. The molecule has 0 atom stereocenters. The fourth-order valence-corrected chi connectivity index (χ4v) is 5.69. The van der Waals surface area contributed by atoms with Crippen molar-refractivity contribution >= 4 is 21.8 Å². The average molecular weight is 644 g/mol. The maximum absolute atomic E-state index is 9.51. The Morgan fingerprint density at radius 1 is 0.367 bits per heavy atom. The third kappa shape index (κ3) is 5.16. The number of fused-ring (bicyclic) bond motifs is 3. The van der Waals surface area contributed by atoms with Gasteiger partial charge in [-0.1, -0.05) is 163 Å². The van der Waals surface area contributed by atoms with Gasteiger partial charge in [-0.25, -0.2) is 15.0 Å². The molecule has 0 saturated heterocycles.